The Kier molecular flexibility index (Phi) is 39.9. The summed E-state index contributed by atoms with van der Waals surface area (Å²) in [6.07, 6.45) is 0. The summed E-state index contributed by atoms with van der Waals surface area (Å²) in [6, 6.07) is 51.7. The summed E-state index contributed by atoms with van der Waals surface area (Å²) in [7, 11) is 8.13. The molecule has 8 aromatic carbocycles. The fourth-order valence-electron chi connectivity index (χ4n) is 9.75. The second kappa shape index (κ2) is 44.0. The van der Waals surface area contributed by atoms with Gasteiger partial charge >= 0.3 is 0 Å². The van der Waals surface area contributed by atoms with Crippen LogP contribution in [0, 0.1) is 18.6 Å². The molecule has 9 nitrogen and oxygen atoms in total. The van der Waals surface area contributed by atoms with Crippen LogP contribution < -0.4 is 38.5 Å². The fourth-order valence-corrected chi connectivity index (χ4v) is 10.5. The van der Waals surface area contributed by atoms with Crippen molar-refractivity contribution in [3.63, 3.8) is 0 Å². The Hall–Kier alpha value is -7.87. The fraction of sp³-hybridized carbons (Fsp3) is 0.467. The highest BCUT2D eigenvalue weighted by Crippen LogP contribution is 2.37. The van der Waals surface area contributed by atoms with Gasteiger partial charge in [0.25, 0.3) is 0 Å². The number of hydrogen-bond donors (Lipinski definition) is 1. The molecule has 0 atom stereocenters. The average Bonchev–Trinajstić information content (AvgIpc) is 0.843. The lowest BCUT2D eigenvalue weighted by molar-refractivity contribution is -0.114. The average molecular weight is 1520 g/mol. The first-order valence-electron chi connectivity index (χ1n) is 36.2. The molecule has 0 radical (unpaired) electrons. The number of hydrogen-bond acceptors (Lipinski definition) is 8. The van der Waals surface area contributed by atoms with Gasteiger partial charge in [-0.25, -0.2) is 17.6 Å². The molecule has 1 amide bonds. The van der Waals surface area contributed by atoms with E-state index in [1.165, 1.54) is 42.4 Å². The molecule has 0 saturated heterocycles. The largest absolute Gasteiger partial charge is 0.497 e. The van der Waals surface area contributed by atoms with E-state index in [4.69, 9.17) is 56.4 Å². The van der Waals surface area contributed by atoms with Crippen LogP contribution in [-0.2, 0) is 48.1 Å². The van der Waals surface area contributed by atoms with E-state index in [1.807, 2.05) is 164 Å². The number of ether oxygens (including phenoxy) is 7. The number of aryl methyl sites for hydroxylation is 1. The molecule has 592 valence electrons. The first-order valence-corrected chi connectivity index (χ1v) is 36.9. The summed E-state index contributed by atoms with van der Waals surface area (Å²) in [5, 5.41) is 4.22. The molecule has 8 rings (SSSR count). The van der Waals surface area contributed by atoms with Crippen molar-refractivity contribution >= 4 is 34.8 Å². The van der Waals surface area contributed by atoms with Crippen molar-refractivity contribution in [3.8, 4) is 40.2 Å². The van der Waals surface area contributed by atoms with E-state index in [9.17, 15) is 22.4 Å². The van der Waals surface area contributed by atoms with E-state index >= 15 is 0 Å². The number of nitrogens with one attached hydrogen (secondary N) is 1. The maximum absolute atomic E-state index is 13.5. The van der Waals surface area contributed by atoms with Gasteiger partial charge in [-0.2, -0.15) is 0 Å². The maximum Gasteiger partial charge on any atom is 0.221 e. The molecule has 107 heavy (non-hydrogen) atoms. The number of anilines is 1. The van der Waals surface area contributed by atoms with Crippen LogP contribution in [0.1, 0.15) is 223 Å². The lowest BCUT2D eigenvalue weighted by Crippen LogP contribution is -2.13. The molecule has 0 saturated carbocycles. The van der Waals surface area contributed by atoms with E-state index < -0.39 is 13.3 Å². The summed E-state index contributed by atoms with van der Waals surface area (Å²) in [5.41, 5.74) is 10.8. The highest BCUT2D eigenvalue weighted by molar-refractivity contribution is 6.33. The Morgan fingerprint density at radius 2 is 0.729 bits per heavy atom. The minimum Gasteiger partial charge on any atom is -0.497 e. The Morgan fingerprint density at radius 3 is 1.09 bits per heavy atom. The normalized spacial score (nSPS) is 11.4. The molecule has 0 bridgehead atoms. The Labute approximate surface area is 653 Å². The number of carbonyl (C=O) groups is 1. The minimum atomic E-state index is -0.445. The Balaban J connectivity index is 0.000000612. The maximum atomic E-state index is 13.5. The zero-order valence-corrected chi connectivity index (χ0v) is 72.0. The minimum absolute atomic E-state index is 0.0295. The number of benzene rings is 8. The standard InChI is InChI=1S/C13H19NO2.2C12H17FO.2C11H15ClO.C11H15FO.C11H15F.C11H16O/c1-9(15)14-11-6-10(13(2,3)4)7-12(8-11)16-5;2*1-12(2,3)10-5-4-6-11(9-10)14-8-7-13;1-11(2,3)8-5-9(12)7-10(6-8)13-4;1-11(2,3)8-6-5-7-9(13-4)10(8)12;1-11(2,3)9-6-5-8(13-4)7-10(9)12;1-8-5-6-9(10(12)7-8)11(2,3)4;1-11(2,3)9-5-7-10(12-4)8-6-9/h6-8H,1-5H3,(H,14,15);2*4-6,9H,7-8H2,1-3H3;3*5-7H,1-4H3;5-7H,1-4H3;5-8H,1-4H3/i;13-1;;;;;;. The predicted octanol–water partition coefficient (Wildman–Crippen LogP) is 26.5. The molecular formula is C92H129Cl2F4NO8. The number of alkyl halides is 2. The van der Waals surface area contributed by atoms with Crippen LogP contribution in [0.25, 0.3) is 0 Å². The molecule has 0 unspecified atom stereocenters. The van der Waals surface area contributed by atoms with Crippen molar-refractivity contribution in [2.75, 3.05) is 67.4 Å². The van der Waals surface area contributed by atoms with E-state index in [0.29, 0.717) is 11.3 Å². The first-order chi connectivity index (χ1) is 49.2. The van der Waals surface area contributed by atoms with Gasteiger partial charge in [0.05, 0.1) is 40.6 Å². The molecule has 0 fully saturated rings. The van der Waals surface area contributed by atoms with Crippen molar-refractivity contribution in [1.82, 2.24) is 0 Å². The molecule has 15 heteroatoms. The van der Waals surface area contributed by atoms with Crippen LogP contribution in [0.3, 0.4) is 0 Å². The van der Waals surface area contributed by atoms with Crippen LogP contribution in [0.5, 0.6) is 40.2 Å². The highest BCUT2D eigenvalue weighted by Gasteiger charge is 2.23. The van der Waals surface area contributed by atoms with Crippen LogP contribution >= 0.6 is 23.2 Å². The van der Waals surface area contributed by atoms with Crippen molar-refractivity contribution in [3.05, 3.63) is 236 Å². The second-order valence-corrected chi connectivity index (χ2v) is 34.8. The molecule has 0 aromatic heterocycles. The topological polar surface area (TPSA) is 93.7 Å². The Bertz CT molecular complexity index is 3870. The van der Waals surface area contributed by atoms with Gasteiger partial charge in [0.15, 0.2) is 0 Å². The molecular weight excluding hydrogens is 1390 g/mol. The number of rotatable bonds is 12. The van der Waals surface area contributed by atoms with Gasteiger partial charge in [0.1, 0.15) is 78.4 Å². The summed E-state index contributed by atoms with van der Waals surface area (Å²) in [4.78, 5) is 11.0. The lowest BCUT2D eigenvalue weighted by atomic mass is 9.86. The first kappa shape index (κ1) is 97.1. The van der Waals surface area contributed by atoms with E-state index in [-0.39, 0.29) is 74.1 Å². The van der Waals surface area contributed by atoms with Gasteiger partial charge < -0.3 is 38.5 Å². The van der Waals surface area contributed by atoms with Crippen molar-refractivity contribution in [2.45, 2.75) is 223 Å². The van der Waals surface area contributed by atoms with Crippen molar-refractivity contribution in [1.29, 1.82) is 0 Å². The van der Waals surface area contributed by atoms with E-state index in [0.717, 1.165) is 72.5 Å². The lowest BCUT2D eigenvalue weighted by Gasteiger charge is -2.21. The molecule has 0 aliphatic carbocycles. The van der Waals surface area contributed by atoms with Gasteiger partial charge in [0, 0.05) is 29.8 Å². The summed E-state index contributed by atoms with van der Waals surface area (Å²) in [6.45, 7) is 53.4. The van der Waals surface area contributed by atoms with Crippen LogP contribution in [-0.4, -0.2) is 68.0 Å². The van der Waals surface area contributed by atoms with Gasteiger partial charge in [-0.3, -0.25) is 4.79 Å². The van der Waals surface area contributed by atoms with Crippen molar-refractivity contribution < 1.29 is 55.5 Å². The molecule has 1 N–H and O–H groups in total. The predicted molar refractivity (Wildman–Crippen MR) is 446 cm³/mol. The van der Waals surface area contributed by atoms with Gasteiger partial charge in [-0.15, -0.1) is 0 Å². The smallest absolute Gasteiger partial charge is 0.221 e. The molecule has 0 spiro atoms. The molecule has 0 aliphatic rings. The highest BCUT2D eigenvalue weighted by atomic mass is 35.5. The van der Waals surface area contributed by atoms with E-state index in [2.05, 4.69) is 154 Å². The monoisotopic (exact) mass is 1520 g/mol. The molecule has 8 aromatic rings. The van der Waals surface area contributed by atoms with Crippen molar-refractivity contribution in [2.24, 2.45) is 0 Å². The Morgan fingerprint density at radius 1 is 0.355 bits per heavy atom. The van der Waals surface area contributed by atoms with Crippen LogP contribution in [0.4, 0.5) is 23.2 Å². The third kappa shape index (κ3) is 37.2. The number of halogens is 6. The summed E-state index contributed by atoms with van der Waals surface area (Å²) < 4.78 is 86.5. The SMILES string of the molecule is CC(C)(C)c1cccc(OCCF)c1.CC(C)(C)c1cccc(OCC[18F])c1.COc1cc(Cl)cc(C(C)(C)C)c1.COc1cc(NC(C)=O)cc(C(C)(C)C)c1.COc1ccc(C(C)(C)C)c(F)c1.COc1ccc(C(C)(C)C)cc1.COc1cccc(C(C)(C)C)c1Cl.Cc1ccc(C(C)(C)C)c(F)c1. The summed E-state index contributed by atoms with van der Waals surface area (Å²) >= 11 is 12.1. The summed E-state index contributed by atoms with van der Waals surface area (Å²) in [5.74, 6) is 4.92. The molecule has 0 heterocycles. The second-order valence-electron chi connectivity index (χ2n) is 34.0. The third-order valence-electron chi connectivity index (χ3n) is 16.3. The molecule has 0 aliphatic heterocycles. The number of carbonyl (C=O) groups excluding carboxylic acids is 1. The third-order valence-corrected chi connectivity index (χ3v) is 16.9. The van der Waals surface area contributed by atoms with Gasteiger partial charge in [-0.05, 0) is 185 Å². The van der Waals surface area contributed by atoms with Crippen LogP contribution in [0.2, 0.25) is 10.0 Å². The zero-order chi connectivity index (χ0) is 82.3. The zero-order valence-electron chi connectivity index (χ0n) is 70.5. The van der Waals surface area contributed by atoms with Gasteiger partial charge in [0.2, 0.25) is 5.91 Å². The van der Waals surface area contributed by atoms with Crippen LogP contribution in [0.15, 0.2) is 164 Å². The number of amides is 1. The van der Waals surface area contributed by atoms with Gasteiger partial charge in [-0.1, -0.05) is 256 Å². The quantitative estimate of drug-likeness (QED) is 0.121. The van der Waals surface area contributed by atoms with E-state index in [1.54, 1.807) is 46.6 Å². The number of methoxy groups -OCH3 is 5.